The number of fused-ring (bicyclic) bond motifs is 1. The third kappa shape index (κ3) is 6.15. The lowest BCUT2D eigenvalue weighted by molar-refractivity contribution is -0.141. The number of aromatic nitrogens is 3. The number of rotatable bonds is 8. The largest absolute Gasteiger partial charge is 0.342 e. The zero-order valence-electron chi connectivity index (χ0n) is 23.3. The minimum absolute atomic E-state index is 0.224. The molecule has 5 atom stereocenters. The summed E-state index contributed by atoms with van der Waals surface area (Å²) in [4.78, 5) is 28.5. The van der Waals surface area contributed by atoms with E-state index in [0.717, 1.165) is 0 Å². The van der Waals surface area contributed by atoms with Crippen LogP contribution in [0.3, 0.4) is 0 Å². The normalized spacial score (nSPS) is 23.5. The minimum atomic E-state index is -3.52. The predicted octanol–water partition coefficient (Wildman–Crippen LogP) is 1.08. The lowest BCUT2D eigenvalue weighted by Crippen LogP contribution is -2.59. The Hall–Kier alpha value is -2.90. The number of benzene rings is 1. The van der Waals surface area contributed by atoms with Gasteiger partial charge in [0.15, 0.2) is 0 Å². The van der Waals surface area contributed by atoms with Crippen molar-refractivity contribution in [3.63, 3.8) is 0 Å². The Morgan fingerprint density at radius 2 is 1.87 bits per heavy atom. The Morgan fingerprint density at radius 3 is 2.46 bits per heavy atom. The van der Waals surface area contributed by atoms with Crippen LogP contribution in [0.5, 0.6) is 0 Å². The highest BCUT2D eigenvalue weighted by atomic mass is 32.2. The number of likely N-dealkylation sites (N-methyl/N-ethyl adjacent to an activating group) is 1. The first-order valence-electron chi connectivity index (χ1n) is 13.1. The quantitative estimate of drug-likeness (QED) is 0.492. The van der Waals surface area contributed by atoms with Gasteiger partial charge in [0, 0.05) is 37.2 Å². The SMILES string of the molecule is CNC(C)C(=O)NC(C(=O)N1CCC2C1C(Cn1cc(-c3ccc(F)cc3)nn1)CN2S(C)(=O)=O)C(C)(C)C. The molecule has 1 aromatic heterocycles. The van der Waals surface area contributed by atoms with E-state index in [1.54, 1.807) is 41.9 Å². The van der Waals surface area contributed by atoms with Gasteiger partial charge in [-0.05, 0) is 50.1 Å². The second kappa shape index (κ2) is 10.9. The van der Waals surface area contributed by atoms with Crippen LogP contribution >= 0.6 is 0 Å². The fourth-order valence-electron chi connectivity index (χ4n) is 5.55. The molecule has 0 aliphatic carbocycles. The minimum Gasteiger partial charge on any atom is -0.342 e. The summed E-state index contributed by atoms with van der Waals surface area (Å²) in [6.07, 6.45) is 3.44. The van der Waals surface area contributed by atoms with Crippen LogP contribution in [0.1, 0.15) is 34.1 Å². The van der Waals surface area contributed by atoms with Crippen LogP contribution in [0.2, 0.25) is 0 Å². The molecule has 0 saturated carbocycles. The van der Waals surface area contributed by atoms with E-state index < -0.39 is 27.5 Å². The molecule has 0 radical (unpaired) electrons. The summed E-state index contributed by atoms with van der Waals surface area (Å²) in [6.45, 7) is 8.39. The highest BCUT2D eigenvalue weighted by molar-refractivity contribution is 7.88. The van der Waals surface area contributed by atoms with Gasteiger partial charge in [-0.2, -0.15) is 4.31 Å². The standard InChI is InChI=1S/C26H38FN7O4S/c1-16(28-5)24(35)29-23(26(2,3)4)25(36)33-12-11-21-22(33)18(14-34(21)39(6,37)38)13-32-15-20(30-31-32)17-7-9-19(27)10-8-17/h7-10,15-16,18,21-23,28H,11-14H2,1-6H3,(H,29,35). The van der Waals surface area contributed by atoms with Gasteiger partial charge in [0.2, 0.25) is 21.8 Å². The summed E-state index contributed by atoms with van der Waals surface area (Å²) >= 11 is 0. The molecular formula is C26H38FN7O4S. The van der Waals surface area contributed by atoms with Crippen molar-refractivity contribution in [2.75, 3.05) is 26.4 Å². The molecule has 2 saturated heterocycles. The van der Waals surface area contributed by atoms with Gasteiger partial charge in [0.25, 0.3) is 0 Å². The van der Waals surface area contributed by atoms with E-state index in [2.05, 4.69) is 20.9 Å². The second-order valence-electron chi connectivity index (χ2n) is 11.6. The molecule has 0 bridgehead atoms. The number of carbonyl (C=O) groups excluding carboxylic acids is 2. The molecule has 2 aliphatic heterocycles. The van der Waals surface area contributed by atoms with Gasteiger partial charge in [-0.25, -0.2) is 12.8 Å². The van der Waals surface area contributed by atoms with E-state index in [1.165, 1.54) is 22.7 Å². The van der Waals surface area contributed by atoms with Gasteiger partial charge in [0.1, 0.15) is 17.6 Å². The van der Waals surface area contributed by atoms with Gasteiger partial charge in [-0.1, -0.05) is 26.0 Å². The number of amides is 2. The van der Waals surface area contributed by atoms with Crippen molar-refractivity contribution < 1.29 is 22.4 Å². The zero-order valence-corrected chi connectivity index (χ0v) is 24.1. The molecular weight excluding hydrogens is 525 g/mol. The molecule has 11 nitrogen and oxygen atoms in total. The van der Waals surface area contributed by atoms with E-state index in [9.17, 15) is 22.4 Å². The first-order chi connectivity index (χ1) is 18.2. The first kappa shape index (κ1) is 29.1. The fraction of sp³-hybridized carbons (Fsp3) is 0.615. The number of carbonyl (C=O) groups is 2. The summed E-state index contributed by atoms with van der Waals surface area (Å²) in [6, 6.07) is 3.94. The van der Waals surface area contributed by atoms with Crippen LogP contribution in [0.15, 0.2) is 30.5 Å². The van der Waals surface area contributed by atoms with Crippen LogP contribution in [0.4, 0.5) is 4.39 Å². The topological polar surface area (TPSA) is 130 Å². The first-order valence-corrected chi connectivity index (χ1v) is 15.0. The Kier molecular flexibility index (Phi) is 8.16. The number of nitrogens with zero attached hydrogens (tertiary/aromatic N) is 5. The molecule has 3 heterocycles. The molecule has 2 aliphatic rings. The van der Waals surface area contributed by atoms with Gasteiger partial charge >= 0.3 is 0 Å². The van der Waals surface area contributed by atoms with Gasteiger partial charge in [-0.15, -0.1) is 5.10 Å². The molecule has 214 valence electrons. The maximum absolute atomic E-state index is 14.0. The Labute approximate surface area is 229 Å². The predicted molar refractivity (Wildman–Crippen MR) is 144 cm³/mol. The van der Waals surface area contributed by atoms with Crippen molar-refractivity contribution in [3.05, 3.63) is 36.3 Å². The highest BCUT2D eigenvalue weighted by Gasteiger charge is 2.54. The zero-order chi connectivity index (χ0) is 28.7. The highest BCUT2D eigenvalue weighted by Crippen LogP contribution is 2.39. The molecule has 39 heavy (non-hydrogen) atoms. The number of hydrogen-bond acceptors (Lipinski definition) is 7. The van der Waals surface area contributed by atoms with Gasteiger partial charge in [0.05, 0.1) is 24.5 Å². The van der Waals surface area contributed by atoms with Crippen molar-refractivity contribution in [2.24, 2.45) is 11.3 Å². The van der Waals surface area contributed by atoms with Crippen LogP contribution in [-0.4, -0.2) is 95.0 Å². The van der Waals surface area contributed by atoms with Crippen molar-refractivity contribution in [1.82, 2.24) is 34.8 Å². The molecule has 4 rings (SSSR count). The number of nitrogens with one attached hydrogen (secondary N) is 2. The van der Waals surface area contributed by atoms with E-state index >= 15 is 0 Å². The summed E-state index contributed by atoms with van der Waals surface area (Å²) in [7, 11) is -1.84. The summed E-state index contributed by atoms with van der Waals surface area (Å²) in [5.41, 5.74) is 0.707. The number of hydrogen-bond donors (Lipinski definition) is 2. The molecule has 1 aromatic carbocycles. The smallest absolute Gasteiger partial charge is 0.246 e. The maximum Gasteiger partial charge on any atom is 0.246 e. The summed E-state index contributed by atoms with van der Waals surface area (Å²) < 4.78 is 41.9. The monoisotopic (exact) mass is 563 g/mol. The Bertz CT molecular complexity index is 1310. The second-order valence-corrected chi connectivity index (χ2v) is 13.6. The molecule has 5 unspecified atom stereocenters. The number of halogens is 1. The van der Waals surface area contributed by atoms with Crippen molar-refractivity contribution >= 4 is 21.8 Å². The van der Waals surface area contributed by atoms with Crippen molar-refractivity contribution in [3.8, 4) is 11.3 Å². The van der Waals surface area contributed by atoms with Crippen molar-refractivity contribution in [2.45, 2.75) is 64.8 Å². The number of likely N-dealkylation sites (tertiary alicyclic amines) is 1. The molecule has 2 amide bonds. The summed E-state index contributed by atoms with van der Waals surface area (Å²) in [5, 5.41) is 14.3. The molecule has 2 aromatic rings. The lowest BCUT2D eigenvalue weighted by atomic mass is 9.85. The molecule has 0 spiro atoms. The maximum atomic E-state index is 14.0. The Balaban J connectivity index is 1.61. The van der Waals surface area contributed by atoms with E-state index in [4.69, 9.17) is 0 Å². The summed E-state index contributed by atoms with van der Waals surface area (Å²) in [5.74, 6) is -1.09. The third-order valence-electron chi connectivity index (χ3n) is 7.72. The van der Waals surface area contributed by atoms with Crippen LogP contribution in [-0.2, 0) is 26.2 Å². The van der Waals surface area contributed by atoms with Gasteiger partial charge < -0.3 is 15.5 Å². The molecule has 2 fully saturated rings. The third-order valence-corrected chi connectivity index (χ3v) is 8.99. The molecule has 13 heteroatoms. The van der Waals surface area contributed by atoms with Crippen molar-refractivity contribution in [1.29, 1.82) is 0 Å². The van der Waals surface area contributed by atoms with Crippen LogP contribution in [0.25, 0.3) is 11.3 Å². The number of sulfonamides is 1. The average Bonchev–Trinajstić information content (AvgIpc) is 3.58. The van der Waals surface area contributed by atoms with E-state index in [-0.39, 0.29) is 42.2 Å². The van der Waals surface area contributed by atoms with E-state index in [0.29, 0.717) is 30.8 Å². The van der Waals surface area contributed by atoms with Crippen LogP contribution < -0.4 is 10.6 Å². The molecule has 2 N–H and O–H groups in total. The Morgan fingerprint density at radius 1 is 1.21 bits per heavy atom. The average molecular weight is 564 g/mol. The lowest BCUT2D eigenvalue weighted by Gasteiger charge is -2.37. The van der Waals surface area contributed by atoms with Crippen LogP contribution in [0, 0.1) is 17.2 Å². The van der Waals surface area contributed by atoms with Gasteiger partial charge in [-0.3, -0.25) is 14.3 Å². The fourth-order valence-corrected chi connectivity index (χ4v) is 6.74. The van der Waals surface area contributed by atoms with E-state index in [1.807, 2.05) is 20.8 Å².